The lowest BCUT2D eigenvalue weighted by Gasteiger charge is -2.00. The van der Waals surface area contributed by atoms with Gasteiger partial charge in [-0.1, -0.05) is 23.7 Å². The Kier molecular flexibility index (Phi) is 4.18. The van der Waals surface area contributed by atoms with Crippen molar-refractivity contribution in [3.63, 3.8) is 0 Å². The molecule has 3 rings (SSSR count). The molecule has 3 aromatic rings. The summed E-state index contributed by atoms with van der Waals surface area (Å²) in [5.74, 6) is -0.223. The van der Waals surface area contributed by atoms with E-state index in [9.17, 15) is 4.79 Å². The number of halogens is 1. The molecule has 0 aliphatic carbocycles. The summed E-state index contributed by atoms with van der Waals surface area (Å²) in [4.78, 5) is 21.6. The second-order valence-electron chi connectivity index (χ2n) is 4.63. The van der Waals surface area contributed by atoms with Crippen LogP contribution in [0.4, 0.5) is 5.13 Å². The maximum absolute atomic E-state index is 12.1. The number of aryl methyl sites for hydroxylation is 1. The molecule has 0 aliphatic rings. The molecule has 0 atom stereocenters. The van der Waals surface area contributed by atoms with Gasteiger partial charge in [0, 0.05) is 27.9 Å². The first-order valence-corrected chi connectivity index (χ1v) is 7.77. The fourth-order valence-electron chi connectivity index (χ4n) is 2.02. The van der Waals surface area contributed by atoms with E-state index >= 15 is 0 Å². The molecule has 4 nitrogen and oxygen atoms in total. The number of aromatic nitrogens is 2. The van der Waals surface area contributed by atoms with Gasteiger partial charge in [0.05, 0.1) is 11.3 Å². The highest BCUT2D eigenvalue weighted by atomic mass is 35.5. The summed E-state index contributed by atoms with van der Waals surface area (Å²) < 4.78 is 0. The molecular formula is C16H12ClN3OS. The van der Waals surface area contributed by atoms with Crippen molar-refractivity contribution >= 4 is 34.0 Å². The van der Waals surface area contributed by atoms with Gasteiger partial charge in [-0.15, -0.1) is 11.3 Å². The van der Waals surface area contributed by atoms with Gasteiger partial charge >= 0.3 is 0 Å². The van der Waals surface area contributed by atoms with Crippen molar-refractivity contribution in [2.24, 2.45) is 0 Å². The molecule has 0 saturated carbocycles. The monoisotopic (exact) mass is 329 g/mol. The van der Waals surface area contributed by atoms with E-state index in [4.69, 9.17) is 11.6 Å². The lowest BCUT2D eigenvalue weighted by atomic mass is 10.1. The van der Waals surface area contributed by atoms with Crippen molar-refractivity contribution in [3.8, 4) is 11.3 Å². The Morgan fingerprint density at radius 3 is 2.86 bits per heavy atom. The Hall–Kier alpha value is -2.24. The van der Waals surface area contributed by atoms with Gasteiger partial charge in [0.25, 0.3) is 5.91 Å². The van der Waals surface area contributed by atoms with Gasteiger partial charge in [-0.05, 0) is 31.2 Å². The molecule has 0 saturated heterocycles. The lowest BCUT2D eigenvalue weighted by Crippen LogP contribution is -2.11. The zero-order valence-corrected chi connectivity index (χ0v) is 13.3. The minimum atomic E-state index is -0.223. The predicted octanol–water partition coefficient (Wildman–Crippen LogP) is 4.42. The number of anilines is 1. The molecule has 1 aromatic carbocycles. The van der Waals surface area contributed by atoms with E-state index in [2.05, 4.69) is 15.3 Å². The van der Waals surface area contributed by atoms with Crippen molar-refractivity contribution in [2.75, 3.05) is 5.32 Å². The summed E-state index contributed by atoms with van der Waals surface area (Å²) in [7, 11) is 0. The minimum absolute atomic E-state index is 0.223. The number of amides is 1. The topological polar surface area (TPSA) is 54.9 Å². The van der Waals surface area contributed by atoms with E-state index in [0.717, 1.165) is 16.1 Å². The Morgan fingerprint density at radius 2 is 2.14 bits per heavy atom. The third-order valence-corrected chi connectivity index (χ3v) is 4.16. The molecule has 1 N–H and O–H groups in total. The van der Waals surface area contributed by atoms with E-state index < -0.39 is 0 Å². The highest BCUT2D eigenvalue weighted by Gasteiger charge is 2.13. The second-order valence-corrected chi connectivity index (χ2v) is 6.27. The van der Waals surface area contributed by atoms with Crippen LogP contribution in [0.3, 0.4) is 0 Å². The van der Waals surface area contributed by atoms with Gasteiger partial charge < -0.3 is 0 Å². The normalized spacial score (nSPS) is 10.5. The third-order valence-electron chi connectivity index (χ3n) is 3.04. The summed E-state index contributed by atoms with van der Waals surface area (Å²) in [6, 6.07) is 10.9. The summed E-state index contributed by atoms with van der Waals surface area (Å²) in [5, 5.41) is 4.01. The largest absolute Gasteiger partial charge is 0.298 e. The van der Waals surface area contributed by atoms with E-state index in [1.807, 2.05) is 31.2 Å². The van der Waals surface area contributed by atoms with E-state index in [1.165, 1.54) is 17.5 Å². The van der Waals surface area contributed by atoms with Crippen LogP contribution in [0, 0.1) is 6.92 Å². The van der Waals surface area contributed by atoms with Gasteiger partial charge in [-0.25, -0.2) is 4.98 Å². The summed E-state index contributed by atoms with van der Waals surface area (Å²) in [6.07, 6.45) is 3.15. The van der Waals surface area contributed by atoms with E-state index in [0.29, 0.717) is 15.7 Å². The number of carbonyl (C=O) groups excluding carboxylic acids is 1. The predicted molar refractivity (Wildman–Crippen MR) is 89.5 cm³/mol. The first-order valence-electron chi connectivity index (χ1n) is 6.58. The Morgan fingerprint density at radius 1 is 1.27 bits per heavy atom. The summed E-state index contributed by atoms with van der Waals surface area (Å²) in [6.45, 7) is 1.97. The maximum atomic E-state index is 12.1. The fraction of sp³-hybridized carbons (Fsp3) is 0.0625. The SMILES string of the molecule is Cc1sc(NC(=O)c2cccnc2)nc1-c1cccc(Cl)c1. The Balaban J connectivity index is 1.85. The molecule has 2 heterocycles. The zero-order valence-electron chi connectivity index (χ0n) is 11.7. The molecule has 0 spiro atoms. The second kappa shape index (κ2) is 6.25. The number of pyridine rings is 1. The first-order chi connectivity index (χ1) is 10.6. The number of nitrogens with one attached hydrogen (secondary N) is 1. The van der Waals surface area contributed by atoms with E-state index in [-0.39, 0.29) is 5.91 Å². The quantitative estimate of drug-likeness (QED) is 0.774. The Labute approximate surface area is 136 Å². The van der Waals surface area contributed by atoms with Crippen LogP contribution in [-0.4, -0.2) is 15.9 Å². The highest BCUT2D eigenvalue weighted by molar-refractivity contribution is 7.16. The average molecular weight is 330 g/mol. The summed E-state index contributed by atoms with van der Waals surface area (Å²) >= 11 is 7.45. The van der Waals surface area contributed by atoms with Crippen LogP contribution in [0.25, 0.3) is 11.3 Å². The molecule has 0 fully saturated rings. The standard InChI is InChI=1S/C16H12ClN3OS/c1-10-14(11-4-2-6-13(17)8-11)19-16(22-10)20-15(21)12-5-3-7-18-9-12/h2-9H,1H3,(H,19,20,21). The van der Waals surface area contributed by atoms with Gasteiger partial charge in [0.1, 0.15) is 0 Å². The number of hydrogen-bond donors (Lipinski definition) is 1. The van der Waals surface area contributed by atoms with Gasteiger partial charge in [-0.2, -0.15) is 0 Å². The van der Waals surface area contributed by atoms with Crippen LogP contribution in [0.2, 0.25) is 5.02 Å². The smallest absolute Gasteiger partial charge is 0.259 e. The lowest BCUT2D eigenvalue weighted by molar-refractivity contribution is 0.102. The van der Waals surface area contributed by atoms with Crippen LogP contribution in [0.5, 0.6) is 0 Å². The van der Waals surface area contributed by atoms with Crippen molar-refractivity contribution in [2.45, 2.75) is 6.92 Å². The zero-order chi connectivity index (χ0) is 15.5. The van der Waals surface area contributed by atoms with Crippen LogP contribution in [-0.2, 0) is 0 Å². The molecule has 0 bridgehead atoms. The average Bonchev–Trinajstić information content (AvgIpc) is 2.88. The van der Waals surface area contributed by atoms with Gasteiger partial charge in [0.15, 0.2) is 5.13 Å². The molecule has 1 amide bonds. The molecule has 0 aliphatic heterocycles. The number of hydrogen-bond acceptors (Lipinski definition) is 4. The van der Waals surface area contributed by atoms with Gasteiger partial charge in [0.2, 0.25) is 0 Å². The van der Waals surface area contributed by atoms with E-state index in [1.54, 1.807) is 18.3 Å². The van der Waals surface area contributed by atoms with Gasteiger partial charge in [-0.3, -0.25) is 15.1 Å². The molecule has 0 radical (unpaired) electrons. The van der Waals surface area contributed by atoms with Crippen LogP contribution in [0.15, 0.2) is 48.8 Å². The minimum Gasteiger partial charge on any atom is -0.298 e. The van der Waals surface area contributed by atoms with Crippen LogP contribution >= 0.6 is 22.9 Å². The molecule has 22 heavy (non-hydrogen) atoms. The van der Waals surface area contributed by atoms with Crippen molar-refractivity contribution in [3.05, 3.63) is 64.3 Å². The number of benzene rings is 1. The highest BCUT2D eigenvalue weighted by Crippen LogP contribution is 2.31. The molecular weight excluding hydrogens is 318 g/mol. The number of nitrogens with zero attached hydrogens (tertiary/aromatic N) is 2. The molecule has 0 unspecified atom stereocenters. The maximum Gasteiger partial charge on any atom is 0.259 e. The summed E-state index contributed by atoms with van der Waals surface area (Å²) in [5.41, 5.74) is 2.26. The van der Waals surface area contributed by atoms with Crippen LogP contribution < -0.4 is 5.32 Å². The fourth-order valence-corrected chi connectivity index (χ4v) is 3.04. The number of carbonyl (C=O) groups is 1. The first kappa shape index (κ1) is 14.7. The van der Waals surface area contributed by atoms with Crippen LogP contribution in [0.1, 0.15) is 15.2 Å². The number of thiazole rings is 1. The van der Waals surface area contributed by atoms with Crippen molar-refractivity contribution in [1.82, 2.24) is 9.97 Å². The van der Waals surface area contributed by atoms with Crippen molar-refractivity contribution < 1.29 is 4.79 Å². The molecule has 2 aromatic heterocycles. The number of rotatable bonds is 3. The Bertz CT molecular complexity index is 817. The third kappa shape index (κ3) is 3.16. The molecule has 110 valence electrons. The van der Waals surface area contributed by atoms with Crippen molar-refractivity contribution in [1.29, 1.82) is 0 Å². The molecule has 6 heteroatoms.